The van der Waals surface area contributed by atoms with Gasteiger partial charge < -0.3 is 15.0 Å². The fourth-order valence-electron chi connectivity index (χ4n) is 2.18. The van der Waals surface area contributed by atoms with Crippen molar-refractivity contribution in [2.24, 2.45) is 14.1 Å². The highest BCUT2D eigenvalue weighted by atomic mass is 16.4. The molecule has 0 saturated carbocycles. The monoisotopic (exact) mass is 295 g/mol. The second kappa shape index (κ2) is 5.43. The molecular weight excluding hydrogens is 278 g/mol. The molecule has 0 saturated heterocycles. The zero-order chi connectivity index (χ0) is 15.7. The Labute approximate surface area is 119 Å². The van der Waals surface area contributed by atoms with E-state index in [2.05, 4.69) is 10.3 Å². The lowest BCUT2D eigenvalue weighted by Gasteiger charge is -2.08. The van der Waals surface area contributed by atoms with E-state index in [-0.39, 0.29) is 23.7 Å². The first-order chi connectivity index (χ1) is 9.88. The van der Waals surface area contributed by atoms with E-state index in [4.69, 9.17) is 5.11 Å². The van der Waals surface area contributed by atoms with Gasteiger partial charge in [-0.2, -0.15) is 4.98 Å². The Kier molecular flexibility index (Phi) is 3.83. The van der Waals surface area contributed by atoms with Crippen LogP contribution in [0.3, 0.4) is 0 Å². The van der Waals surface area contributed by atoms with Gasteiger partial charge in [-0.05, 0) is 6.42 Å². The molecule has 0 amide bonds. The van der Waals surface area contributed by atoms with Crippen molar-refractivity contribution >= 4 is 23.1 Å². The maximum Gasteiger partial charge on any atom is 0.332 e. The third kappa shape index (κ3) is 2.41. The number of aromatic nitrogens is 4. The average molecular weight is 295 g/mol. The molecule has 114 valence electrons. The molecule has 2 N–H and O–H groups in total. The minimum absolute atomic E-state index is 0.240. The maximum absolute atomic E-state index is 12.3. The SMILES string of the molecule is CCCn1c(NCC(=O)O)nc2c1c(=O)n(C)c(=O)n2C. The number of nitrogens with zero attached hydrogens (tertiary/aromatic N) is 4. The van der Waals surface area contributed by atoms with E-state index >= 15 is 0 Å². The predicted octanol–water partition coefficient (Wildman–Crippen LogP) is -0.660. The number of hydrogen-bond donors (Lipinski definition) is 2. The molecule has 0 radical (unpaired) electrons. The number of aryl methyl sites for hydroxylation is 2. The molecular formula is C12H17N5O4. The van der Waals surface area contributed by atoms with Crippen molar-refractivity contribution in [3.8, 4) is 0 Å². The van der Waals surface area contributed by atoms with Crippen molar-refractivity contribution in [3.05, 3.63) is 20.8 Å². The van der Waals surface area contributed by atoms with Crippen LogP contribution in [0.25, 0.3) is 11.2 Å². The molecule has 0 unspecified atom stereocenters. The number of imidazole rings is 1. The molecule has 2 rings (SSSR count). The summed E-state index contributed by atoms with van der Waals surface area (Å²) in [6.07, 6.45) is 0.735. The molecule has 9 nitrogen and oxygen atoms in total. The molecule has 9 heteroatoms. The van der Waals surface area contributed by atoms with Crippen molar-refractivity contribution < 1.29 is 9.90 Å². The summed E-state index contributed by atoms with van der Waals surface area (Å²) in [4.78, 5) is 39.1. The van der Waals surface area contributed by atoms with Crippen LogP contribution in [0.2, 0.25) is 0 Å². The Balaban J connectivity index is 2.76. The average Bonchev–Trinajstić information content (AvgIpc) is 2.80. The van der Waals surface area contributed by atoms with E-state index in [9.17, 15) is 14.4 Å². The smallest absolute Gasteiger partial charge is 0.332 e. The zero-order valence-corrected chi connectivity index (χ0v) is 12.1. The minimum atomic E-state index is -1.04. The lowest BCUT2D eigenvalue weighted by Crippen LogP contribution is -2.37. The topological polar surface area (TPSA) is 111 Å². The van der Waals surface area contributed by atoms with Gasteiger partial charge in [0, 0.05) is 20.6 Å². The van der Waals surface area contributed by atoms with Gasteiger partial charge in [0.05, 0.1) is 0 Å². The molecule has 0 aliphatic carbocycles. The fraction of sp³-hybridized carbons (Fsp3) is 0.500. The third-order valence-corrected chi connectivity index (χ3v) is 3.19. The molecule has 21 heavy (non-hydrogen) atoms. The predicted molar refractivity (Wildman–Crippen MR) is 76.6 cm³/mol. The molecule has 0 aliphatic rings. The first kappa shape index (κ1) is 14.8. The molecule has 0 aliphatic heterocycles. The van der Waals surface area contributed by atoms with Gasteiger partial charge in [-0.3, -0.25) is 18.7 Å². The van der Waals surface area contributed by atoms with Gasteiger partial charge >= 0.3 is 11.7 Å². The first-order valence-corrected chi connectivity index (χ1v) is 6.50. The fourth-order valence-corrected chi connectivity index (χ4v) is 2.18. The van der Waals surface area contributed by atoms with Gasteiger partial charge in [-0.1, -0.05) is 6.92 Å². The van der Waals surface area contributed by atoms with Gasteiger partial charge in [0.25, 0.3) is 5.56 Å². The normalized spacial score (nSPS) is 11.0. The van der Waals surface area contributed by atoms with Crippen LogP contribution in [0, 0.1) is 0 Å². The van der Waals surface area contributed by atoms with E-state index in [0.29, 0.717) is 6.54 Å². The number of anilines is 1. The van der Waals surface area contributed by atoms with Crippen LogP contribution in [0.1, 0.15) is 13.3 Å². The van der Waals surface area contributed by atoms with Crippen LogP contribution in [0.5, 0.6) is 0 Å². The summed E-state index contributed by atoms with van der Waals surface area (Å²) in [5.41, 5.74) is -0.394. The van der Waals surface area contributed by atoms with E-state index in [1.165, 1.54) is 18.7 Å². The summed E-state index contributed by atoms with van der Waals surface area (Å²) < 4.78 is 3.89. The van der Waals surface area contributed by atoms with E-state index < -0.39 is 17.2 Å². The lowest BCUT2D eigenvalue weighted by molar-refractivity contribution is -0.134. The van der Waals surface area contributed by atoms with Gasteiger partial charge in [-0.25, -0.2) is 4.79 Å². The standard InChI is InChI=1S/C12H17N5O4/c1-4-5-17-8-9(14-11(17)13-6-7(18)19)15(2)12(21)16(3)10(8)20/h4-6H2,1-3H3,(H,13,14)(H,18,19). The van der Waals surface area contributed by atoms with Crippen molar-refractivity contribution in [1.29, 1.82) is 0 Å². The Morgan fingerprint density at radius 1 is 1.29 bits per heavy atom. The van der Waals surface area contributed by atoms with Crippen molar-refractivity contribution in [1.82, 2.24) is 18.7 Å². The van der Waals surface area contributed by atoms with Crippen molar-refractivity contribution in [3.63, 3.8) is 0 Å². The zero-order valence-electron chi connectivity index (χ0n) is 12.1. The van der Waals surface area contributed by atoms with Gasteiger partial charge in [0.15, 0.2) is 11.2 Å². The van der Waals surface area contributed by atoms with Crippen LogP contribution in [0.15, 0.2) is 9.59 Å². The summed E-state index contributed by atoms with van der Waals surface area (Å²) in [6.45, 7) is 2.10. The largest absolute Gasteiger partial charge is 0.480 e. The van der Waals surface area contributed by atoms with Crippen LogP contribution in [0.4, 0.5) is 5.95 Å². The van der Waals surface area contributed by atoms with E-state index in [1.807, 2.05) is 6.92 Å². The summed E-state index contributed by atoms with van der Waals surface area (Å²) in [7, 11) is 2.92. The summed E-state index contributed by atoms with van der Waals surface area (Å²) in [5, 5.41) is 11.4. The highest BCUT2D eigenvalue weighted by Crippen LogP contribution is 2.15. The molecule has 0 aromatic carbocycles. The lowest BCUT2D eigenvalue weighted by atomic mass is 10.4. The highest BCUT2D eigenvalue weighted by Gasteiger charge is 2.18. The van der Waals surface area contributed by atoms with Crippen LogP contribution in [-0.4, -0.2) is 36.3 Å². The van der Waals surface area contributed by atoms with Crippen molar-refractivity contribution in [2.75, 3.05) is 11.9 Å². The Hall–Kier alpha value is -2.58. The number of carboxylic acids is 1. The Morgan fingerprint density at radius 2 is 1.95 bits per heavy atom. The second-order valence-corrected chi connectivity index (χ2v) is 4.71. The quantitative estimate of drug-likeness (QED) is 0.757. The van der Waals surface area contributed by atoms with Crippen LogP contribution >= 0.6 is 0 Å². The molecule has 2 aromatic rings. The molecule has 0 bridgehead atoms. The number of carbonyl (C=O) groups is 1. The summed E-state index contributed by atoms with van der Waals surface area (Å²) in [5.74, 6) is -0.764. The maximum atomic E-state index is 12.3. The highest BCUT2D eigenvalue weighted by molar-refractivity contribution is 5.76. The second-order valence-electron chi connectivity index (χ2n) is 4.71. The number of rotatable bonds is 5. The van der Waals surface area contributed by atoms with Gasteiger partial charge in [0.1, 0.15) is 6.54 Å². The Morgan fingerprint density at radius 3 is 2.52 bits per heavy atom. The van der Waals surface area contributed by atoms with Crippen LogP contribution in [-0.2, 0) is 25.4 Å². The summed E-state index contributed by atoms with van der Waals surface area (Å²) >= 11 is 0. The molecule has 0 spiro atoms. The van der Waals surface area contributed by atoms with Gasteiger partial charge in [0.2, 0.25) is 5.95 Å². The van der Waals surface area contributed by atoms with E-state index in [1.54, 1.807) is 4.57 Å². The number of hydrogen-bond acceptors (Lipinski definition) is 5. The number of nitrogens with one attached hydrogen (secondary N) is 1. The number of fused-ring (bicyclic) bond motifs is 1. The van der Waals surface area contributed by atoms with Crippen LogP contribution < -0.4 is 16.6 Å². The van der Waals surface area contributed by atoms with Gasteiger partial charge in [-0.15, -0.1) is 0 Å². The Bertz CT molecular complexity index is 814. The third-order valence-electron chi connectivity index (χ3n) is 3.19. The summed E-state index contributed by atoms with van der Waals surface area (Å²) in [6, 6.07) is 0. The van der Waals surface area contributed by atoms with Crippen molar-refractivity contribution in [2.45, 2.75) is 19.9 Å². The number of aliphatic carboxylic acids is 1. The van der Waals surface area contributed by atoms with E-state index in [0.717, 1.165) is 11.0 Å². The molecule has 2 aromatic heterocycles. The first-order valence-electron chi connectivity index (χ1n) is 6.50. The minimum Gasteiger partial charge on any atom is -0.480 e. The molecule has 2 heterocycles. The number of carboxylic acid groups (broad SMARTS) is 1. The molecule has 0 fully saturated rings. The molecule has 0 atom stereocenters.